The molecule has 1 aliphatic rings. The Bertz CT molecular complexity index is 369. The Kier molecular flexibility index (Phi) is 5.06. The molecular weight excluding hydrogens is 222 g/mol. The molecule has 0 radical (unpaired) electrons. The standard InChI is InChI=1S/C16H25NO/c1-3-14-8-9-15(12-13(14)2)17-10-4-6-16-7-5-11-18-16/h8-9,12,16-17H,3-7,10-11H2,1-2H3. The molecular formula is C16H25NO. The molecule has 2 nitrogen and oxygen atoms in total. The van der Waals surface area contributed by atoms with Crippen molar-refractivity contribution in [3.8, 4) is 0 Å². The van der Waals surface area contributed by atoms with Gasteiger partial charge in [0.1, 0.15) is 0 Å². The Balaban J connectivity index is 1.71. The number of aryl methyl sites for hydroxylation is 2. The van der Waals surface area contributed by atoms with Crippen molar-refractivity contribution in [3.63, 3.8) is 0 Å². The molecule has 1 aromatic rings. The number of hydrogen-bond acceptors (Lipinski definition) is 2. The van der Waals surface area contributed by atoms with E-state index in [0.717, 1.165) is 19.6 Å². The number of rotatable bonds is 6. The fraction of sp³-hybridized carbons (Fsp3) is 0.625. The highest BCUT2D eigenvalue weighted by atomic mass is 16.5. The lowest BCUT2D eigenvalue weighted by Crippen LogP contribution is -2.09. The minimum absolute atomic E-state index is 0.524. The average molecular weight is 247 g/mol. The van der Waals surface area contributed by atoms with Crippen LogP contribution in [0.2, 0.25) is 0 Å². The summed E-state index contributed by atoms with van der Waals surface area (Å²) in [7, 11) is 0. The maximum Gasteiger partial charge on any atom is 0.0576 e. The monoisotopic (exact) mass is 247 g/mol. The summed E-state index contributed by atoms with van der Waals surface area (Å²) < 4.78 is 5.63. The number of ether oxygens (including phenoxy) is 1. The summed E-state index contributed by atoms with van der Waals surface area (Å²) in [5.41, 5.74) is 4.08. The second kappa shape index (κ2) is 6.79. The number of hydrogen-bond donors (Lipinski definition) is 1. The molecule has 1 N–H and O–H groups in total. The maximum atomic E-state index is 5.63. The third-order valence-corrected chi connectivity index (χ3v) is 3.78. The molecule has 0 saturated carbocycles. The topological polar surface area (TPSA) is 21.3 Å². The van der Waals surface area contributed by atoms with E-state index >= 15 is 0 Å². The van der Waals surface area contributed by atoms with Crippen LogP contribution in [0.3, 0.4) is 0 Å². The van der Waals surface area contributed by atoms with Crippen LogP contribution >= 0.6 is 0 Å². The Morgan fingerprint density at radius 2 is 2.28 bits per heavy atom. The van der Waals surface area contributed by atoms with Gasteiger partial charge in [0.05, 0.1) is 6.10 Å². The molecule has 0 bridgehead atoms. The summed E-state index contributed by atoms with van der Waals surface area (Å²) in [4.78, 5) is 0. The number of benzene rings is 1. The van der Waals surface area contributed by atoms with Gasteiger partial charge in [-0.2, -0.15) is 0 Å². The van der Waals surface area contributed by atoms with Crippen LogP contribution in [0.1, 0.15) is 43.7 Å². The highest BCUT2D eigenvalue weighted by molar-refractivity contribution is 5.48. The first kappa shape index (κ1) is 13.4. The second-order valence-electron chi connectivity index (χ2n) is 5.20. The van der Waals surface area contributed by atoms with Crippen molar-refractivity contribution in [2.24, 2.45) is 0 Å². The van der Waals surface area contributed by atoms with Gasteiger partial charge in [-0.15, -0.1) is 0 Å². The lowest BCUT2D eigenvalue weighted by molar-refractivity contribution is 0.103. The number of anilines is 1. The second-order valence-corrected chi connectivity index (χ2v) is 5.20. The van der Waals surface area contributed by atoms with Gasteiger partial charge in [-0.1, -0.05) is 13.0 Å². The SMILES string of the molecule is CCc1ccc(NCCCC2CCCO2)cc1C. The normalized spacial score (nSPS) is 19.1. The Morgan fingerprint density at radius 3 is 2.94 bits per heavy atom. The highest BCUT2D eigenvalue weighted by Crippen LogP contribution is 2.18. The minimum Gasteiger partial charge on any atom is -0.385 e. The van der Waals surface area contributed by atoms with Gasteiger partial charge in [-0.3, -0.25) is 0 Å². The molecule has 2 heteroatoms. The van der Waals surface area contributed by atoms with E-state index in [1.807, 2.05) is 0 Å². The van der Waals surface area contributed by atoms with Crippen molar-refractivity contribution in [2.45, 2.75) is 52.1 Å². The van der Waals surface area contributed by atoms with Crippen LogP contribution in [-0.2, 0) is 11.2 Å². The highest BCUT2D eigenvalue weighted by Gasteiger charge is 2.14. The van der Waals surface area contributed by atoms with E-state index in [2.05, 4.69) is 37.4 Å². The largest absolute Gasteiger partial charge is 0.385 e. The lowest BCUT2D eigenvalue weighted by atomic mass is 10.1. The first-order valence-corrected chi connectivity index (χ1v) is 7.24. The van der Waals surface area contributed by atoms with Crippen molar-refractivity contribution < 1.29 is 4.74 Å². The molecule has 1 saturated heterocycles. The lowest BCUT2D eigenvalue weighted by Gasteiger charge is -2.11. The van der Waals surface area contributed by atoms with Crippen LogP contribution in [-0.4, -0.2) is 19.3 Å². The smallest absolute Gasteiger partial charge is 0.0576 e. The van der Waals surface area contributed by atoms with Gasteiger partial charge in [0.25, 0.3) is 0 Å². The summed E-state index contributed by atoms with van der Waals surface area (Å²) in [6.07, 6.45) is 6.53. The molecule has 1 aliphatic heterocycles. The van der Waals surface area contributed by atoms with Crippen molar-refractivity contribution in [3.05, 3.63) is 29.3 Å². The molecule has 0 amide bonds. The van der Waals surface area contributed by atoms with Crippen molar-refractivity contribution in [2.75, 3.05) is 18.5 Å². The van der Waals surface area contributed by atoms with Gasteiger partial charge in [-0.05, 0) is 62.3 Å². The molecule has 1 unspecified atom stereocenters. The summed E-state index contributed by atoms with van der Waals surface area (Å²) >= 11 is 0. The van der Waals surface area contributed by atoms with E-state index in [9.17, 15) is 0 Å². The van der Waals surface area contributed by atoms with E-state index in [-0.39, 0.29) is 0 Å². The fourth-order valence-electron chi connectivity index (χ4n) is 2.64. The van der Waals surface area contributed by atoms with Gasteiger partial charge in [0.15, 0.2) is 0 Å². The third-order valence-electron chi connectivity index (χ3n) is 3.78. The summed E-state index contributed by atoms with van der Waals surface area (Å²) in [6.45, 7) is 6.41. The summed E-state index contributed by atoms with van der Waals surface area (Å²) in [6, 6.07) is 6.68. The van der Waals surface area contributed by atoms with E-state index < -0.39 is 0 Å². The van der Waals surface area contributed by atoms with Crippen LogP contribution in [0.25, 0.3) is 0 Å². The van der Waals surface area contributed by atoms with Crippen LogP contribution in [0.5, 0.6) is 0 Å². The maximum absolute atomic E-state index is 5.63. The van der Waals surface area contributed by atoms with Gasteiger partial charge in [0.2, 0.25) is 0 Å². The van der Waals surface area contributed by atoms with Gasteiger partial charge < -0.3 is 10.1 Å². The third kappa shape index (κ3) is 3.74. The molecule has 0 aromatic heterocycles. The number of nitrogens with one attached hydrogen (secondary N) is 1. The van der Waals surface area contributed by atoms with E-state index in [1.54, 1.807) is 0 Å². The van der Waals surface area contributed by atoms with Gasteiger partial charge in [0, 0.05) is 18.8 Å². The zero-order valence-electron chi connectivity index (χ0n) is 11.7. The van der Waals surface area contributed by atoms with Crippen LogP contribution in [0.4, 0.5) is 5.69 Å². The van der Waals surface area contributed by atoms with Crippen LogP contribution in [0, 0.1) is 6.92 Å². The first-order chi connectivity index (χ1) is 8.79. The van der Waals surface area contributed by atoms with E-state index in [1.165, 1.54) is 42.5 Å². The van der Waals surface area contributed by atoms with Crippen LogP contribution in [0.15, 0.2) is 18.2 Å². The van der Waals surface area contributed by atoms with E-state index in [0.29, 0.717) is 6.10 Å². The van der Waals surface area contributed by atoms with Crippen molar-refractivity contribution in [1.29, 1.82) is 0 Å². The van der Waals surface area contributed by atoms with Crippen molar-refractivity contribution >= 4 is 5.69 Å². The predicted octanol–water partition coefficient (Wildman–Crippen LogP) is 3.93. The molecule has 1 heterocycles. The Morgan fingerprint density at radius 1 is 1.39 bits per heavy atom. The fourth-order valence-corrected chi connectivity index (χ4v) is 2.64. The summed E-state index contributed by atoms with van der Waals surface area (Å²) in [5, 5.41) is 3.51. The molecule has 100 valence electrons. The Hall–Kier alpha value is -1.02. The molecule has 1 aromatic carbocycles. The molecule has 0 spiro atoms. The Labute approximate surface area is 111 Å². The zero-order valence-corrected chi connectivity index (χ0v) is 11.7. The molecule has 2 rings (SSSR count). The van der Waals surface area contributed by atoms with Crippen molar-refractivity contribution in [1.82, 2.24) is 0 Å². The molecule has 1 fully saturated rings. The average Bonchev–Trinajstić information content (AvgIpc) is 2.88. The minimum atomic E-state index is 0.524. The molecule has 18 heavy (non-hydrogen) atoms. The quantitative estimate of drug-likeness (QED) is 0.769. The van der Waals surface area contributed by atoms with Gasteiger partial charge in [-0.25, -0.2) is 0 Å². The molecule has 0 aliphatic carbocycles. The zero-order chi connectivity index (χ0) is 12.8. The molecule has 1 atom stereocenters. The summed E-state index contributed by atoms with van der Waals surface area (Å²) in [5.74, 6) is 0. The van der Waals surface area contributed by atoms with Gasteiger partial charge >= 0.3 is 0 Å². The van der Waals surface area contributed by atoms with Crippen LogP contribution < -0.4 is 5.32 Å². The first-order valence-electron chi connectivity index (χ1n) is 7.24. The van der Waals surface area contributed by atoms with E-state index in [4.69, 9.17) is 4.74 Å². The predicted molar refractivity (Wildman–Crippen MR) is 77.3 cm³/mol.